The quantitative estimate of drug-likeness (QED) is 0.720. The van der Waals surface area contributed by atoms with Crippen LogP contribution in [0.2, 0.25) is 0 Å². The van der Waals surface area contributed by atoms with E-state index >= 15 is 0 Å². The molecule has 0 radical (unpaired) electrons. The predicted molar refractivity (Wildman–Crippen MR) is 101 cm³/mol. The van der Waals surface area contributed by atoms with Crippen molar-refractivity contribution in [3.8, 4) is 0 Å². The summed E-state index contributed by atoms with van der Waals surface area (Å²) in [6.45, 7) is 0.622. The van der Waals surface area contributed by atoms with Crippen LogP contribution in [0.15, 0.2) is 48.5 Å². The molecular formula is C18H17IN2O3. The van der Waals surface area contributed by atoms with Crippen molar-refractivity contribution in [2.24, 2.45) is 0 Å². The number of ether oxygens (including phenoxy) is 1. The van der Waals surface area contributed by atoms with Crippen molar-refractivity contribution in [1.29, 1.82) is 0 Å². The topological polar surface area (TPSA) is 67.4 Å². The minimum atomic E-state index is -0.394. The number of halogens is 1. The summed E-state index contributed by atoms with van der Waals surface area (Å²) in [5, 5.41) is 5.65. The van der Waals surface area contributed by atoms with Gasteiger partial charge in [-0.1, -0.05) is 6.07 Å². The number of hydrogen-bond donors (Lipinski definition) is 2. The molecule has 1 aliphatic rings. The lowest BCUT2D eigenvalue weighted by Gasteiger charge is -2.11. The number of amides is 2. The first kappa shape index (κ1) is 16.9. The second kappa shape index (κ2) is 7.76. The number of carbonyl (C=O) groups is 2. The van der Waals surface area contributed by atoms with Crippen LogP contribution in [0.1, 0.15) is 23.2 Å². The minimum absolute atomic E-state index is 0.164. The third-order valence-corrected chi connectivity index (χ3v) is 4.44. The first-order chi connectivity index (χ1) is 11.6. The Labute approximate surface area is 153 Å². The number of rotatable bonds is 4. The summed E-state index contributed by atoms with van der Waals surface area (Å²) >= 11 is 2.21. The summed E-state index contributed by atoms with van der Waals surface area (Å²) in [5.74, 6) is -0.382. The van der Waals surface area contributed by atoms with Gasteiger partial charge in [0.15, 0.2) is 0 Å². The molecule has 124 valence electrons. The molecule has 1 aliphatic heterocycles. The van der Waals surface area contributed by atoms with Crippen molar-refractivity contribution >= 4 is 45.8 Å². The fourth-order valence-corrected chi connectivity index (χ4v) is 2.84. The summed E-state index contributed by atoms with van der Waals surface area (Å²) in [6, 6.07) is 14.4. The molecule has 2 aromatic carbocycles. The molecule has 0 unspecified atom stereocenters. The number of anilines is 2. The van der Waals surface area contributed by atoms with Gasteiger partial charge in [0.05, 0.1) is 0 Å². The molecule has 3 rings (SSSR count). The highest BCUT2D eigenvalue weighted by molar-refractivity contribution is 14.1. The molecular weight excluding hydrogens is 419 g/mol. The predicted octanol–water partition coefficient (Wildman–Crippen LogP) is 3.66. The van der Waals surface area contributed by atoms with Gasteiger partial charge in [-0.3, -0.25) is 9.59 Å². The van der Waals surface area contributed by atoms with Gasteiger partial charge in [-0.2, -0.15) is 0 Å². The van der Waals surface area contributed by atoms with Crippen LogP contribution in [-0.2, 0) is 9.53 Å². The molecule has 0 aromatic heterocycles. The van der Waals surface area contributed by atoms with E-state index in [1.807, 2.05) is 24.3 Å². The zero-order valence-electron chi connectivity index (χ0n) is 12.9. The van der Waals surface area contributed by atoms with Crippen LogP contribution >= 0.6 is 22.6 Å². The Morgan fingerprint density at radius 3 is 2.54 bits per heavy atom. The van der Waals surface area contributed by atoms with E-state index in [4.69, 9.17) is 4.74 Å². The highest BCUT2D eigenvalue weighted by Gasteiger charge is 2.23. The normalized spacial score (nSPS) is 16.6. The summed E-state index contributed by atoms with van der Waals surface area (Å²) in [5.41, 5.74) is 1.80. The van der Waals surface area contributed by atoms with Crippen LogP contribution in [0.5, 0.6) is 0 Å². The smallest absolute Gasteiger partial charge is 0.255 e. The maximum absolute atomic E-state index is 12.3. The SMILES string of the molecule is O=C(Nc1ccc(I)cc1)c1cccc(NC(=O)[C@@H]2CCCO2)c1. The molecule has 0 aliphatic carbocycles. The van der Waals surface area contributed by atoms with Crippen molar-refractivity contribution in [3.63, 3.8) is 0 Å². The molecule has 6 heteroatoms. The molecule has 2 amide bonds. The Hall–Kier alpha value is -1.93. The van der Waals surface area contributed by atoms with Crippen LogP contribution in [0.4, 0.5) is 11.4 Å². The van der Waals surface area contributed by atoms with Gasteiger partial charge in [-0.15, -0.1) is 0 Å². The molecule has 2 N–H and O–H groups in total. The zero-order valence-corrected chi connectivity index (χ0v) is 15.1. The van der Waals surface area contributed by atoms with Gasteiger partial charge in [0.2, 0.25) is 0 Å². The standard InChI is InChI=1S/C18H17IN2O3/c19-13-6-8-14(9-7-13)20-17(22)12-3-1-4-15(11-12)21-18(23)16-5-2-10-24-16/h1,3-4,6-9,11,16H,2,5,10H2,(H,20,22)(H,21,23)/t16-/m0/s1. The fourth-order valence-electron chi connectivity index (χ4n) is 2.48. The maximum Gasteiger partial charge on any atom is 0.255 e. The van der Waals surface area contributed by atoms with E-state index in [1.165, 1.54) is 0 Å². The van der Waals surface area contributed by atoms with Crippen molar-refractivity contribution in [1.82, 2.24) is 0 Å². The lowest BCUT2D eigenvalue weighted by molar-refractivity contribution is -0.124. The fraction of sp³-hybridized carbons (Fsp3) is 0.222. The number of benzene rings is 2. The second-order valence-electron chi connectivity index (χ2n) is 5.53. The molecule has 0 bridgehead atoms. The third-order valence-electron chi connectivity index (χ3n) is 3.72. The van der Waals surface area contributed by atoms with Gasteiger partial charge in [-0.25, -0.2) is 0 Å². The Balaban J connectivity index is 1.66. The lowest BCUT2D eigenvalue weighted by atomic mass is 10.1. The van der Waals surface area contributed by atoms with Crippen molar-refractivity contribution < 1.29 is 14.3 Å². The number of carbonyl (C=O) groups excluding carboxylic acids is 2. The molecule has 1 atom stereocenters. The van der Waals surface area contributed by atoms with Gasteiger partial charge in [0.1, 0.15) is 6.10 Å². The Morgan fingerprint density at radius 2 is 1.83 bits per heavy atom. The molecule has 0 saturated carbocycles. The molecule has 1 heterocycles. The first-order valence-electron chi connectivity index (χ1n) is 7.71. The van der Waals surface area contributed by atoms with Crippen molar-refractivity contribution in [2.75, 3.05) is 17.2 Å². The van der Waals surface area contributed by atoms with E-state index < -0.39 is 6.10 Å². The average molecular weight is 436 g/mol. The summed E-state index contributed by atoms with van der Waals surface area (Å²) in [4.78, 5) is 24.4. The van der Waals surface area contributed by atoms with Crippen LogP contribution < -0.4 is 10.6 Å². The van der Waals surface area contributed by atoms with Gasteiger partial charge < -0.3 is 15.4 Å². The number of nitrogens with one attached hydrogen (secondary N) is 2. The Morgan fingerprint density at radius 1 is 1.04 bits per heavy atom. The number of hydrogen-bond acceptors (Lipinski definition) is 3. The lowest BCUT2D eigenvalue weighted by Crippen LogP contribution is -2.27. The summed E-state index contributed by atoms with van der Waals surface area (Å²) in [6.07, 6.45) is 1.24. The first-order valence-corrected chi connectivity index (χ1v) is 8.79. The highest BCUT2D eigenvalue weighted by Crippen LogP contribution is 2.17. The largest absolute Gasteiger partial charge is 0.368 e. The van der Waals surface area contributed by atoms with E-state index in [0.29, 0.717) is 17.9 Å². The molecule has 5 nitrogen and oxygen atoms in total. The monoisotopic (exact) mass is 436 g/mol. The molecule has 0 spiro atoms. The van der Waals surface area contributed by atoms with E-state index in [0.717, 1.165) is 22.1 Å². The zero-order chi connectivity index (χ0) is 16.9. The van der Waals surface area contributed by atoms with Crippen LogP contribution in [0.3, 0.4) is 0 Å². The molecule has 1 fully saturated rings. The van der Waals surface area contributed by atoms with E-state index in [2.05, 4.69) is 33.2 Å². The van der Waals surface area contributed by atoms with E-state index in [1.54, 1.807) is 24.3 Å². The molecule has 24 heavy (non-hydrogen) atoms. The van der Waals surface area contributed by atoms with Crippen LogP contribution in [0, 0.1) is 3.57 Å². The van der Waals surface area contributed by atoms with Crippen molar-refractivity contribution in [2.45, 2.75) is 18.9 Å². The Bertz CT molecular complexity index is 740. The summed E-state index contributed by atoms with van der Waals surface area (Å²) < 4.78 is 6.46. The minimum Gasteiger partial charge on any atom is -0.368 e. The second-order valence-corrected chi connectivity index (χ2v) is 6.78. The van der Waals surface area contributed by atoms with Gasteiger partial charge in [0.25, 0.3) is 11.8 Å². The maximum atomic E-state index is 12.3. The average Bonchev–Trinajstić information content (AvgIpc) is 3.12. The summed E-state index contributed by atoms with van der Waals surface area (Å²) in [7, 11) is 0. The van der Waals surface area contributed by atoms with E-state index in [-0.39, 0.29) is 11.8 Å². The molecule has 2 aromatic rings. The van der Waals surface area contributed by atoms with Gasteiger partial charge in [0, 0.05) is 27.1 Å². The van der Waals surface area contributed by atoms with E-state index in [9.17, 15) is 9.59 Å². The van der Waals surface area contributed by atoms with Gasteiger partial charge >= 0.3 is 0 Å². The highest BCUT2D eigenvalue weighted by atomic mass is 127. The Kier molecular flexibility index (Phi) is 5.47. The van der Waals surface area contributed by atoms with Gasteiger partial charge in [-0.05, 0) is 77.9 Å². The molecule has 1 saturated heterocycles. The third kappa shape index (κ3) is 4.33. The van der Waals surface area contributed by atoms with Crippen molar-refractivity contribution in [3.05, 3.63) is 57.7 Å². The van der Waals surface area contributed by atoms with Crippen LogP contribution in [-0.4, -0.2) is 24.5 Å². The van der Waals surface area contributed by atoms with Crippen LogP contribution in [0.25, 0.3) is 0 Å².